The Hall–Kier alpha value is -1.87. The molecule has 0 aliphatic carbocycles. The molecule has 1 N–H and O–H groups in total. The lowest BCUT2D eigenvalue weighted by Crippen LogP contribution is -2.41. The number of rotatable bonds is 4. The molecular formula is C13H18N4O2. The third-order valence-electron chi connectivity index (χ3n) is 3.30. The van der Waals surface area contributed by atoms with Gasteiger partial charge in [-0.05, 0) is 26.3 Å². The molecule has 0 saturated carbocycles. The van der Waals surface area contributed by atoms with Crippen LogP contribution in [-0.4, -0.2) is 35.6 Å². The lowest BCUT2D eigenvalue weighted by Gasteiger charge is -2.31. The fourth-order valence-corrected chi connectivity index (χ4v) is 2.33. The van der Waals surface area contributed by atoms with E-state index in [-0.39, 0.29) is 11.8 Å². The Balaban J connectivity index is 1.86. The highest BCUT2D eigenvalue weighted by Gasteiger charge is 2.26. The van der Waals surface area contributed by atoms with Crippen molar-refractivity contribution in [2.75, 3.05) is 25.0 Å². The van der Waals surface area contributed by atoms with Crippen molar-refractivity contribution in [2.45, 2.75) is 26.2 Å². The minimum absolute atomic E-state index is 0.0186. The molecule has 1 aliphatic rings. The van der Waals surface area contributed by atoms with Crippen LogP contribution in [0, 0.1) is 24.2 Å². The molecule has 1 aromatic heterocycles. The van der Waals surface area contributed by atoms with Crippen LogP contribution in [0.4, 0.5) is 5.82 Å². The number of hydrogen-bond acceptors (Lipinski definition) is 5. The monoisotopic (exact) mass is 262 g/mol. The van der Waals surface area contributed by atoms with E-state index < -0.39 is 0 Å². The second-order valence-corrected chi connectivity index (χ2v) is 4.86. The molecule has 6 heteroatoms. The first-order valence-corrected chi connectivity index (χ1v) is 6.52. The standard InChI is InChI=1S/C13H18N4O2/c1-10-8-12(16-19-10)15-13(18)11-4-2-6-17(9-11)7-3-5-14/h8,11H,2-4,6-7,9H2,1H3,(H,15,16,18). The number of piperidine rings is 1. The number of nitrogens with zero attached hydrogens (tertiary/aromatic N) is 3. The van der Waals surface area contributed by atoms with Gasteiger partial charge in [0.1, 0.15) is 5.76 Å². The van der Waals surface area contributed by atoms with Crippen LogP contribution in [0.3, 0.4) is 0 Å². The van der Waals surface area contributed by atoms with E-state index in [2.05, 4.69) is 21.4 Å². The number of nitrogens with one attached hydrogen (secondary N) is 1. The summed E-state index contributed by atoms with van der Waals surface area (Å²) in [6.07, 6.45) is 2.38. The summed E-state index contributed by atoms with van der Waals surface area (Å²) in [5.74, 6) is 1.09. The molecule has 1 aliphatic heterocycles. The van der Waals surface area contributed by atoms with Gasteiger partial charge in [-0.2, -0.15) is 5.26 Å². The van der Waals surface area contributed by atoms with Crippen molar-refractivity contribution >= 4 is 11.7 Å². The summed E-state index contributed by atoms with van der Waals surface area (Å²) in [5.41, 5.74) is 0. The first-order valence-electron chi connectivity index (χ1n) is 6.52. The molecule has 1 unspecified atom stereocenters. The first kappa shape index (κ1) is 13.6. The molecule has 1 saturated heterocycles. The molecule has 1 aromatic rings. The number of carbonyl (C=O) groups excluding carboxylic acids is 1. The maximum absolute atomic E-state index is 12.1. The predicted octanol–water partition coefficient (Wildman–Crippen LogP) is 1.55. The molecule has 0 bridgehead atoms. The number of amides is 1. The highest BCUT2D eigenvalue weighted by molar-refractivity contribution is 5.91. The lowest BCUT2D eigenvalue weighted by molar-refractivity contribution is -0.121. The number of aromatic nitrogens is 1. The number of aryl methyl sites for hydroxylation is 1. The van der Waals surface area contributed by atoms with Crippen molar-refractivity contribution in [3.05, 3.63) is 11.8 Å². The van der Waals surface area contributed by atoms with Crippen LogP contribution >= 0.6 is 0 Å². The van der Waals surface area contributed by atoms with Crippen molar-refractivity contribution in [1.82, 2.24) is 10.1 Å². The smallest absolute Gasteiger partial charge is 0.230 e. The highest BCUT2D eigenvalue weighted by Crippen LogP contribution is 2.18. The molecule has 0 spiro atoms. The third kappa shape index (κ3) is 3.80. The number of nitriles is 1. The van der Waals surface area contributed by atoms with Crippen molar-refractivity contribution < 1.29 is 9.32 Å². The zero-order chi connectivity index (χ0) is 13.7. The van der Waals surface area contributed by atoms with Crippen molar-refractivity contribution in [1.29, 1.82) is 5.26 Å². The van der Waals surface area contributed by atoms with Crippen LogP contribution < -0.4 is 5.32 Å². The number of likely N-dealkylation sites (tertiary alicyclic amines) is 1. The number of anilines is 1. The number of hydrogen-bond donors (Lipinski definition) is 1. The van der Waals surface area contributed by atoms with E-state index in [4.69, 9.17) is 9.78 Å². The normalized spacial score (nSPS) is 19.9. The van der Waals surface area contributed by atoms with Gasteiger partial charge in [0, 0.05) is 25.6 Å². The molecule has 1 atom stereocenters. The summed E-state index contributed by atoms with van der Waals surface area (Å²) >= 11 is 0. The maximum Gasteiger partial charge on any atom is 0.230 e. The van der Waals surface area contributed by atoms with Crippen LogP contribution in [0.5, 0.6) is 0 Å². The molecule has 102 valence electrons. The molecule has 6 nitrogen and oxygen atoms in total. The van der Waals surface area contributed by atoms with Crippen LogP contribution in [0.15, 0.2) is 10.6 Å². The Morgan fingerprint density at radius 3 is 3.26 bits per heavy atom. The second kappa shape index (κ2) is 6.34. The molecule has 1 amide bonds. The van der Waals surface area contributed by atoms with E-state index in [0.29, 0.717) is 24.5 Å². The summed E-state index contributed by atoms with van der Waals surface area (Å²) < 4.78 is 4.92. The maximum atomic E-state index is 12.1. The molecule has 0 aromatic carbocycles. The molecule has 2 heterocycles. The van der Waals surface area contributed by atoms with Gasteiger partial charge in [-0.3, -0.25) is 4.79 Å². The topological polar surface area (TPSA) is 82.2 Å². The van der Waals surface area contributed by atoms with Crippen LogP contribution in [0.1, 0.15) is 25.0 Å². The van der Waals surface area contributed by atoms with Crippen molar-refractivity contribution in [3.63, 3.8) is 0 Å². The average Bonchev–Trinajstić information content (AvgIpc) is 2.82. The van der Waals surface area contributed by atoms with Gasteiger partial charge in [0.05, 0.1) is 12.0 Å². The van der Waals surface area contributed by atoms with Gasteiger partial charge in [-0.15, -0.1) is 0 Å². The Kier molecular flexibility index (Phi) is 4.53. The summed E-state index contributed by atoms with van der Waals surface area (Å²) in [6.45, 7) is 4.20. The van der Waals surface area contributed by atoms with E-state index in [9.17, 15) is 4.79 Å². The molecular weight excluding hydrogens is 244 g/mol. The lowest BCUT2D eigenvalue weighted by atomic mass is 9.97. The van der Waals surface area contributed by atoms with Gasteiger partial charge in [-0.1, -0.05) is 5.16 Å². The fraction of sp³-hybridized carbons (Fsp3) is 0.615. The fourth-order valence-electron chi connectivity index (χ4n) is 2.33. The van der Waals surface area contributed by atoms with Gasteiger partial charge in [0.2, 0.25) is 5.91 Å². The Morgan fingerprint density at radius 2 is 2.58 bits per heavy atom. The van der Waals surface area contributed by atoms with Crippen LogP contribution in [0.25, 0.3) is 0 Å². The minimum atomic E-state index is -0.0375. The zero-order valence-electron chi connectivity index (χ0n) is 11.1. The van der Waals surface area contributed by atoms with Crippen molar-refractivity contribution in [2.24, 2.45) is 5.92 Å². The van der Waals surface area contributed by atoms with Crippen LogP contribution in [-0.2, 0) is 4.79 Å². The summed E-state index contributed by atoms with van der Waals surface area (Å²) in [7, 11) is 0. The molecule has 2 rings (SSSR count). The van der Waals surface area contributed by atoms with Gasteiger partial charge in [-0.25, -0.2) is 0 Å². The Morgan fingerprint density at radius 1 is 1.74 bits per heavy atom. The van der Waals surface area contributed by atoms with E-state index in [1.54, 1.807) is 13.0 Å². The van der Waals surface area contributed by atoms with Gasteiger partial charge in [0.25, 0.3) is 0 Å². The number of carbonyl (C=O) groups is 1. The molecule has 1 fully saturated rings. The highest BCUT2D eigenvalue weighted by atomic mass is 16.5. The van der Waals surface area contributed by atoms with Crippen LogP contribution in [0.2, 0.25) is 0 Å². The largest absolute Gasteiger partial charge is 0.360 e. The third-order valence-corrected chi connectivity index (χ3v) is 3.30. The Bertz CT molecular complexity index is 477. The predicted molar refractivity (Wildman–Crippen MR) is 69.3 cm³/mol. The Labute approximate surface area is 112 Å². The summed E-state index contributed by atoms with van der Waals surface area (Å²) in [6, 6.07) is 3.84. The first-order chi connectivity index (χ1) is 9.19. The quantitative estimate of drug-likeness (QED) is 0.890. The van der Waals surface area contributed by atoms with Gasteiger partial charge < -0.3 is 14.7 Å². The summed E-state index contributed by atoms with van der Waals surface area (Å²) in [4.78, 5) is 14.3. The van der Waals surface area contributed by atoms with Gasteiger partial charge in [0.15, 0.2) is 5.82 Å². The zero-order valence-corrected chi connectivity index (χ0v) is 11.1. The summed E-state index contributed by atoms with van der Waals surface area (Å²) in [5, 5.41) is 15.1. The average molecular weight is 262 g/mol. The van der Waals surface area contributed by atoms with E-state index >= 15 is 0 Å². The molecule has 19 heavy (non-hydrogen) atoms. The van der Waals surface area contributed by atoms with E-state index in [1.807, 2.05) is 0 Å². The molecule has 0 radical (unpaired) electrons. The van der Waals surface area contributed by atoms with Crippen molar-refractivity contribution in [3.8, 4) is 6.07 Å². The minimum Gasteiger partial charge on any atom is -0.360 e. The van der Waals surface area contributed by atoms with Gasteiger partial charge >= 0.3 is 0 Å². The van der Waals surface area contributed by atoms with E-state index in [1.165, 1.54) is 0 Å². The second-order valence-electron chi connectivity index (χ2n) is 4.86. The SMILES string of the molecule is Cc1cc(NC(=O)C2CCCN(CCC#N)C2)no1. The van der Waals surface area contributed by atoms with E-state index in [0.717, 1.165) is 25.9 Å².